The lowest BCUT2D eigenvalue weighted by Gasteiger charge is -2.20. The molecule has 0 unspecified atom stereocenters. The summed E-state index contributed by atoms with van der Waals surface area (Å²) in [7, 11) is 1.56. The molecule has 5 nitrogen and oxygen atoms in total. The second kappa shape index (κ2) is 9.05. The maximum atomic E-state index is 12.4. The third-order valence-corrected chi connectivity index (χ3v) is 3.61. The van der Waals surface area contributed by atoms with Crippen LogP contribution in [0.5, 0.6) is 5.75 Å². The molecule has 0 saturated heterocycles. The predicted molar refractivity (Wildman–Crippen MR) is 93.8 cm³/mol. The van der Waals surface area contributed by atoms with E-state index in [0.717, 1.165) is 5.56 Å². The lowest BCUT2D eigenvalue weighted by atomic mass is 10.2. The average molecular weight is 347 g/mol. The number of hydrogen-bond acceptors (Lipinski definition) is 4. The van der Waals surface area contributed by atoms with Gasteiger partial charge in [0.15, 0.2) is 0 Å². The minimum Gasteiger partial charge on any atom is -0.496 e. The van der Waals surface area contributed by atoms with Gasteiger partial charge in [-0.3, -0.25) is 9.78 Å². The fourth-order valence-corrected chi connectivity index (χ4v) is 2.38. The van der Waals surface area contributed by atoms with Crippen molar-refractivity contribution >= 4 is 23.6 Å². The minimum absolute atomic E-state index is 0.111. The fraction of sp³-hybridized carbons (Fsp3) is 0.222. The predicted octanol–water partition coefficient (Wildman–Crippen LogP) is 2.78. The van der Waals surface area contributed by atoms with E-state index in [2.05, 4.69) is 4.98 Å². The minimum atomic E-state index is -0.213. The standard InChI is InChI=1S/C18H19ClN2O3/c1-24-17-6-5-16(19)11-15(17)4-7-18(23)21(9-10-22)13-14-3-2-8-20-12-14/h2-8,11-12,22H,9-10,13H2,1H3/b7-4+. The second-order valence-corrected chi connectivity index (χ2v) is 5.50. The number of hydrogen-bond donors (Lipinski definition) is 1. The molecular formula is C18H19ClN2O3. The number of amides is 1. The number of aliphatic hydroxyl groups is 1. The monoisotopic (exact) mass is 346 g/mol. The van der Waals surface area contributed by atoms with Crippen LogP contribution in [0.4, 0.5) is 0 Å². The number of aliphatic hydroxyl groups excluding tert-OH is 1. The molecule has 2 rings (SSSR count). The van der Waals surface area contributed by atoms with Crippen molar-refractivity contribution in [2.24, 2.45) is 0 Å². The Morgan fingerprint density at radius 3 is 2.92 bits per heavy atom. The van der Waals surface area contributed by atoms with Gasteiger partial charge in [-0.2, -0.15) is 0 Å². The molecule has 0 aliphatic heterocycles. The van der Waals surface area contributed by atoms with Gasteiger partial charge in [0.1, 0.15) is 5.75 Å². The number of pyridine rings is 1. The SMILES string of the molecule is COc1ccc(Cl)cc1/C=C/C(=O)N(CCO)Cc1cccnc1. The highest BCUT2D eigenvalue weighted by Crippen LogP contribution is 2.23. The van der Waals surface area contributed by atoms with Crippen LogP contribution in [0, 0.1) is 0 Å². The second-order valence-electron chi connectivity index (χ2n) is 5.06. The summed E-state index contributed by atoms with van der Waals surface area (Å²) < 4.78 is 5.25. The average Bonchev–Trinajstić information content (AvgIpc) is 2.60. The van der Waals surface area contributed by atoms with E-state index in [0.29, 0.717) is 22.9 Å². The van der Waals surface area contributed by atoms with Crippen LogP contribution in [-0.4, -0.2) is 41.2 Å². The number of rotatable bonds is 7. The summed E-state index contributed by atoms with van der Waals surface area (Å²) in [6.07, 6.45) is 6.47. The van der Waals surface area contributed by atoms with Crippen molar-refractivity contribution in [1.29, 1.82) is 0 Å². The fourth-order valence-electron chi connectivity index (χ4n) is 2.20. The smallest absolute Gasteiger partial charge is 0.246 e. The van der Waals surface area contributed by atoms with Crippen LogP contribution in [-0.2, 0) is 11.3 Å². The number of aromatic nitrogens is 1. The van der Waals surface area contributed by atoms with Crippen LogP contribution < -0.4 is 4.74 Å². The maximum absolute atomic E-state index is 12.4. The lowest BCUT2D eigenvalue weighted by molar-refractivity contribution is -0.127. The summed E-state index contributed by atoms with van der Waals surface area (Å²) >= 11 is 5.98. The van der Waals surface area contributed by atoms with Crippen molar-refractivity contribution in [2.45, 2.75) is 6.54 Å². The summed E-state index contributed by atoms with van der Waals surface area (Å²) in [5.74, 6) is 0.416. The van der Waals surface area contributed by atoms with Crippen molar-refractivity contribution in [3.8, 4) is 5.75 Å². The number of benzene rings is 1. The van der Waals surface area contributed by atoms with Crippen LogP contribution in [0.25, 0.3) is 6.08 Å². The van der Waals surface area contributed by atoms with Gasteiger partial charge in [-0.1, -0.05) is 17.7 Å². The first-order valence-electron chi connectivity index (χ1n) is 7.44. The van der Waals surface area contributed by atoms with E-state index in [-0.39, 0.29) is 19.1 Å². The van der Waals surface area contributed by atoms with Crippen molar-refractivity contribution in [2.75, 3.05) is 20.3 Å². The zero-order valence-corrected chi connectivity index (χ0v) is 14.1. The quantitative estimate of drug-likeness (QED) is 0.783. The van der Waals surface area contributed by atoms with E-state index < -0.39 is 0 Å². The number of ether oxygens (including phenoxy) is 1. The number of nitrogens with zero attached hydrogens (tertiary/aromatic N) is 2. The molecule has 1 aromatic heterocycles. The van der Waals surface area contributed by atoms with Crippen LogP contribution >= 0.6 is 11.6 Å². The third kappa shape index (κ3) is 5.08. The molecule has 0 fully saturated rings. The maximum Gasteiger partial charge on any atom is 0.246 e. The Hall–Kier alpha value is -2.37. The molecule has 0 radical (unpaired) electrons. The molecule has 1 heterocycles. The molecule has 0 bridgehead atoms. The molecule has 2 aromatic rings. The van der Waals surface area contributed by atoms with E-state index in [1.807, 2.05) is 12.1 Å². The van der Waals surface area contributed by atoms with Crippen molar-refractivity contribution < 1.29 is 14.6 Å². The van der Waals surface area contributed by atoms with Gasteiger partial charge in [0.05, 0.1) is 13.7 Å². The van der Waals surface area contributed by atoms with Crippen molar-refractivity contribution in [3.63, 3.8) is 0 Å². The first kappa shape index (κ1) is 18.0. The van der Waals surface area contributed by atoms with Gasteiger partial charge in [0.25, 0.3) is 0 Å². The van der Waals surface area contributed by atoms with E-state index in [9.17, 15) is 9.90 Å². The van der Waals surface area contributed by atoms with Gasteiger partial charge in [-0.05, 0) is 35.9 Å². The summed E-state index contributed by atoms with van der Waals surface area (Å²) in [6, 6.07) is 8.88. The summed E-state index contributed by atoms with van der Waals surface area (Å²) in [5.41, 5.74) is 1.61. The van der Waals surface area contributed by atoms with Gasteiger partial charge >= 0.3 is 0 Å². The molecule has 0 spiro atoms. The zero-order chi connectivity index (χ0) is 17.4. The number of carbonyl (C=O) groups is 1. The van der Waals surface area contributed by atoms with Crippen molar-refractivity contribution in [3.05, 3.63) is 65.0 Å². The largest absolute Gasteiger partial charge is 0.496 e. The first-order chi connectivity index (χ1) is 11.6. The Bertz CT molecular complexity index is 705. The highest BCUT2D eigenvalue weighted by Gasteiger charge is 2.11. The Morgan fingerprint density at radius 1 is 1.42 bits per heavy atom. The van der Waals surface area contributed by atoms with Gasteiger partial charge in [-0.15, -0.1) is 0 Å². The number of methoxy groups -OCH3 is 1. The van der Waals surface area contributed by atoms with Crippen LogP contribution in [0.1, 0.15) is 11.1 Å². The normalized spacial score (nSPS) is 10.8. The van der Waals surface area contributed by atoms with E-state index in [1.165, 1.54) is 6.08 Å². The highest BCUT2D eigenvalue weighted by molar-refractivity contribution is 6.30. The van der Waals surface area contributed by atoms with Crippen molar-refractivity contribution in [1.82, 2.24) is 9.88 Å². The zero-order valence-electron chi connectivity index (χ0n) is 13.4. The van der Waals surface area contributed by atoms with Gasteiger partial charge < -0.3 is 14.7 Å². The Balaban J connectivity index is 2.14. The molecule has 126 valence electrons. The highest BCUT2D eigenvalue weighted by atomic mass is 35.5. The number of carbonyl (C=O) groups excluding carboxylic acids is 1. The summed E-state index contributed by atoms with van der Waals surface area (Å²) in [4.78, 5) is 18.0. The molecule has 0 aliphatic rings. The summed E-state index contributed by atoms with van der Waals surface area (Å²) in [6.45, 7) is 0.509. The Kier molecular flexibility index (Phi) is 6.78. The summed E-state index contributed by atoms with van der Waals surface area (Å²) in [5, 5.41) is 9.76. The Labute approximate surface area is 146 Å². The molecule has 0 aliphatic carbocycles. The molecule has 1 aromatic carbocycles. The van der Waals surface area contributed by atoms with Crippen LogP contribution in [0.15, 0.2) is 48.8 Å². The Morgan fingerprint density at radius 2 is 2.25 bits per heavy atom. The van der Waals surface area contributed by atoms with E-state index >= 15 is 0 Å². The molecule has 1 amide bonds. The molecule has 1 N–H and O–H groups in total. The molecular weight excluding hydrogens is 328 g/mol. The van der Waals surface area contributed by atoms with Gasteiger partial charge in [-0.25, -0.2) is 0 Å². The molecule has 0 saturated carbocycles. The van der Waals surface area contributed by atoms with E-state index in [4.69, 9.17) is 16.3 Å². The van der Waals surface area contributed by atoms with Gasteiger partial charge in [0, 0.05) is 42.1 Å². The van der Waals surface area contributed by atoms with Crippen LogP contribution in [0.2, 0.25) is 5.02 Å². The molecule has 6 heteroatoms. The number of halogens is 1. The topological polar surface area (TPSA) is 62.7 Å². The molecule has 24 heavy (non-hydrogen) atoms. The first-order valence-corrected chi connectivity index (χ1v) is 7.82. The molecule has 0 atom stereocenters. The van der Waals surface area contributed by atoms with Crippen LogP contribution in [0.3, 0.4) is 0 Å². The van der Waals surface area contributed by atoms with E-state index in [1.54, 1.807) is 48.7 Å². The third-order valence-electron chi connectivity index (χ3n) is 3.38. The van der Waals surface area contributed by atoms with Gasteiger partial charge in [0.2, 0.25) is 5.91 Å². The lowest BCUT2D eigenvalue weighted by Crippen LogP contribution is -2.31.